The summed E-state index contributed by atoms with van der Waals surface area (Å²) in [7, 11) is 0. The first-order valence-electron chi connectivity index (χ1n) is 9.70. The van der Waals surface area contributed by atoms with Gasteiger partial charge in [0, 0.05) is 5.56 Å². The van der Waals surface area contributed by atoms with E-state index in [0.29, 0.717) is 0 Å². The van der Waals surface area contributed by atoms with Gasteiger partial charge in [-0.15, -0.1) is 0 Å². The Morgan fingerprint density at radius 3 is 2.12 bits per heavy atom. The average Bonchev–Trinajstić information content (AvgIpc) is 2.67. The molecule has 2 nitrogen and oxygen atoms in total. The van der Waals surface area contributed by atoms with Crippen LogP contribution in [-0.2, 0) is 12.8 Å². The van der Waals surface area contributed by atoms with Gasteiger partial charge in [0.25, 0.3) is 0 Å². The molecule has 0 bridgehead atoms. The number of aromatic nitrogens is 2. The van der Waals surface area contributed by atoms with Crippen LogP contribution in [0.5, 0.6) is 0 Å². The molecule has 0 radical (unpaired) electrons. The zero-order chi connectivity index (χ0) is 16.8. The van der Waals surface area contributed by atoms with Gasteiger partial charge in [-0.05, 0) is 48.8 Å². The van der Waals surface area contributed by atoms with Crippen LogP contribution in [0.1, 0.15) is 63.6 Å². The van der Waals surface area contributed by atoms with Crippen molar-refractivity contribution in [1.82, 2.24) is 10.2 Å². The largest absolute Gasteiger partial charge is 0.155 e. The normalized spacial score (nSPS) is 20.9. The fourth-order valence-corrected chi connectivity index (χ4v) is 3.84. The Bertz CT molecular complexity index is 607. The molecule has 1 aromatic carbocycles. The van der Waals surface area contributed by atoms with Crippen LogP contribution in [-0.4, -0.2) is 10.2 Å². The fraction of sp³-hybridized carbons (Fsp3) is 0.545. The van der Waals surface area contributed by atoms with Gasteiger partial charge in [-0.25, -0.2) is 0 Å². The maximum Gasteiger partial charge on any atom is 0.0929 e. The number of benzene rings is 1. The van der Waals surface area contributed by atoms with Gasteiger partial charge in [-0.2, -0.15) is 10.2 Å². The van der Waals surface area contributed by atoms with Crippen molar-refractivity contribution in [2.24, 2.45) is 11.8 Å². The first-order valence-corrected chi connectivity index (χ1v) is 9.70. The summed E-state index contributed by atoms with van der Waals surface area (Å²) in [6, 6.07) is 13.1. The average molecular weight is 322 g/mol. The van der Waals surface area contributed by atoms with Crippen LogP contribution in [0, 0.1) is 11.8 Å². The summed E-state index contributed by atoms with van der Waals surface area (Å²) in [6.45, 7) is 4.44. The van der Waals surface area contributed by atoms with E-state index in [9.17, 15) is 0 Å². The first-order chi connectivity index (χ1) is 11.8. The van der Waals surface area contributed by atoms with Crippen LogP contribution in [0.4, 0.5) is 0 Å². The van der Waals surface area contributed by atoms with E-state index in [-0.39, 0.29) is 0 Å². The molecule has 0 atom stereocenters. The second-order valence-electron chi connectivity index (χ2n) is 7.29. The van der Waals surface area contributed by atoms with Crippen LogP contribution < -0.4 is 0 Å². The van der Waals surface area contributed by atoms with Crippen molar-refractivity contribution in [3.05, 3.63) is 47.7 Å². The van der Waals surface area contributed by atoms with E-state index in [1.54, 1.807) is 0 Å². The SMILES string of the molecule is CCc1ccc(-c2ccc(CCC3CCC(CC)CC3)cc2)nn1. The van der Waals surface area contributed by atoms with Crippen LogP contribution in [0.2, 0.25) is 0 Å². The monoisotopic (exact) mass is 322 g/mol. The summed E-state index contributed by atoms with van der Waals surface area (Å²) < 4.78 is 0. The Hall–Kier alpha value is -1.70. The number of hydrogen-bond acceptors (Lipinski definition) is 2. The third-order valence-corrected chi connectivity index (χ3v) is 5.72. The summed E-state index contributed by atoms with van der Waals surface area (Å²) in [5.74, 6) is 1.95. The lowest BCUT2D eigenvalue weighted by atomic mass is 9.78. The molecule has 0 spiro atoms. The van der Waals surface area contributed by atoms with Crippen LogP contribution in [0.25, 0.3) is 11.3 Å². The quantitative estimate of drug-likeness (QED) is 0.666. The van der Waals surface area contributed by atoms with Crippen molar-refractivity contribution in [3.63, 3.8) is 0 Å². The molecular formula is C22H30N2. The lowest BCUT2D eigenvalue weighted by molar-refractivity contribution is 0.259. The maximum absolute atomic E-state index is 4.33. The molecule has 1 aliphatic carbocycles. The second kappa shape index (κ2) is 8.41. The molecule has 1 heterocycles. The van der Waals surface area contributed by atoms with Gasteiger partial charge >= 0.3 is 0 Å². The first kappa shape index (κ1) is 17.1. The third-order valence-electron chi connectivity index (χ3n) is 5.72. The molecule has 1 aliphatic rings. The Labute approximate surface area is 146 Å². The predicted octanol–water partition coefficient (Wildman–Crippen LogP) is 5.86. The zero-order valence-electron chi connectivity index (χ0n) is 15.2. The molecule has 0 N–H and O–H groups in total. The summed E-state index contributed by atoms with van der Waals surface area (Å²) in [5.41, 5.74) is 4.64. The Kier molecular flexibility index (Phi) is 6.01. The van der Waals surface area contributed by atoms with E-state index in [0.717, 1.165) is 35.2 Å². The van der Waals surface area contributed by atoms with Gasteiger partial charge in [0.15, 0.2) is 0 Å². The van der Waals surface area contributed by atoms with E-state index in [4.69, 9.17) is 0 Å². The van der Waals surface area contributed by atoms with Crippen LogP contribution in [0.3, 0.4) is 0 Å². The molecule has 0 saturated heterocycles. The van der Waals surface area contributed by atoms with Crippen molar-refractivity contribution >= 4 is 0 Å². The number of hydrogen-bond donors (Lipinski definition) is 0. The van der Waals surface area contributed by atoms with E-state index >= 15 is 0 Å². The van der Waals surface area contributed by atoms with E-state index < -0.39 is 0 Å². The van der Waals surface area contributed by atoms with Crippen molar-refractivity contribution in [2.45, 2.75) is 65.2 Å². The second-order valence-corrected chi connectivity index (χ2v) is 7.29. The minimum absolute atomic E-state index is 0.937. The number of nitrogens with zero attached hydrogens (tertiary/aromatic N) is 2. The lowest BCUT2D eigenvalue weighted by Gasteiger charge is -2.27. The van der Waals surface area contributed by atoms with Gasteiger partial charge < -0.3 is 0 Å². The molecule has 3 rings (SSSR count). The zero-order valence-corrected chi connectivity index (χ0v) is 15.2. The van der Waals surface area contributed by atoms with Gasteiger partial charge in [-0.1, -0.05) is 70.2 Å². The van der Waals surface area contributed by atoms with E-state index in [1.807, 2.05) is 0 Å². The Morgan fingerprint density at radius 2 is 1.54 bits per heavy atom. The minimum atomic E-state index is 0.937. The third kappa shape index (κ3) is 4.43. The summed E-state index contributed by atoms with van der Waals surface area (Å²) >= 11 is 0. The summed E-state index contributed by atoms with van der Waals surface area (Å²) in [6.07, 6.45) is 10.6. The van der Waals surface area contributed by atoms with Crippen LogP contribution in [0.15, 0.2) is 36.4 Å². The number of rotatable bonds is 6. The summed E-state index contributed by atoms with van der Waals surface area (Å²) in [5, 5.41) is 8.59. The topological polar surface area (TPSA) is 25.8 Å². The highest BCUT2D eigenvalue weighted by molar-refractivity contribution is 5.58. The van der Waals surface area contributed by atoms with Gasteiger partial charge in [0.05, 0.1) is 11.4 Å². The molecular weight excluding hydrogens is 292 g/mol. The predicted molar refractivity (Wildman–Crippen MR) is 101 cm³/mol. The maximum atomic E-state index is 4.33. The molecule has 1 fully saturated rings. The van der Waals surface area contributed by atoms with E-state index in [1.165, 1.54) is 50.5 Å². The highest BCUT2D eigenvalue weighted by atomic mass is 15.1. The van der Waals surface area contributed by atoms with Crippen molar-refractivity contribution in [2.75, 3.05) is 0 Å². The molecule has 2 aromatic rings. The summed E-state index contributed by atoms with van der Waals surface area (Å²) in [4.78, 5) is 0. The standard InChI is InChI=1S/C22H30N2/c1-3-17-5-7-18(8-6-17)9-10-19-11-13-20(14-12-19)22-16-15-21(4-2)23-24-22/h11-18H,3-10H2,1-2H3. The van der Waals surface area contributed by atoms with Crippen LogP contribution >= 0.6 is 0 Å². The molecule has 1 saturated carbocycles. The van der Waals surface area contributed by atoms with Crippen molar-refractivity contribution < 1.29 is 0 Å². The molecule has 0 amide bonds. The molecule has 0 unspecified atom stereocenters. The van der Waals surface area contributed by atoms with Crippen molar-refractivity contribution in [1.29, 1.82) is 0 Å². The molecule has 2 heteroatoms. The molecule has 0 aliphatic heterocycles. The number of aryl methyl sites for hydroxylation is 2. The fourth-order valence-electron chi connectivity index (χ4n) is 3.84. The Balaban J connectivity index is 1.53. The highest BCUT2D eigenvalue weighted by Gasteiger charge is 2.19. The minimum Gasteiger partial charge on any atom is -0.155 e. The highest BCUT2D eigenvalue weighted by Crippen LogP contribution is 2.33. The molecule has 128 valence electrons. The lowest BCUT2D eigenvalue weighted by Crippen LogP contribution is -2.14. The smallest absolute Gasteiger partial charge is 0.0929 e. The van der Waals surface area contributed by atoms with E-state index in [2.05, 4.69) is 60.4 Å². The van der Waals surface area contributed by atoms with Gasteiger partial charge in [-0.3, -0.25) is 0 Å². The Morgan fingerprint density at radius 1 is 0.833 bits per heavy atom. The molecule has 24 heavy (non-hydrogen) atoms. The van der Waals surface area contributed by atoms with Crippen molar-refractivity contribution in [3.8, 4) is 11.3 Å². The van der Waals surface area contributed by atoms with Gasteiger partial charge in [0.1, 0.15) is 0 Å². The molecule has 1 aromatic heterocycles. The van der Waals surface area contributed by atoms with Gasteiger partial charge in [0.2, 0.25) is 0 Å².